The first kappa shape index (κ1) is 18.1. The van der Waals surface area contributed by atoms with Gasteiger partial charge in [0.2, 0.25) is 0 Å². The van der Waals surface area contributed by atoms with Crippen molar-refractivity contribution in [2.75, 3.05) is 5.32 Å². The van der Waals surface area contributed by atoms with Crippen molar-refractivity contribution in [3.8, 4) is 6.07 Å². The molecule has 0 unspecified atom stereocenters. The number of hydrogen-bond donors (Lipinski definition) is 1. The molecule has 0 fully saturated rings. The summed E-state index contributed by atoms with van der Waals surface area (Å²) in [4.78, 5) is 12.0. The number of hydrogen-bond acceptors (Lipinski definition) is 4. The number of anilines is 1. The van der Waals surface area contributed by atoms with Gasteiger partial charge in [0.15, 0.2) is 5.78 Å². The lowest BCUT2D eigenvalue weighted by molar-refractivity contribution is -0.122. The molecule has 7 heteroatoms. The fourth-order valence-electron chi connectivity index (χ4n) is 1.46. The first-order valence-electron chi connectivity index (χ1n) is 6.30. The molecule has 1 rings (SSSR count). The summed E-state index contributed by atoms with van der Waals surface area (Å²) in [6.07, 6.45) is 1.26. The Labute approximate surface area is 131 Å². The van der Waals surface area contributed by atoms with E-state index in [2.05, 4.69) is 5.32 Å². The van der Waals surface area contributed by atoms with E-state index >= 15 is 0 Å². The molecule has 118 valence electrons. The van der Waals surface area contributed by atoms with Crippen LogP contribution in [0.15, 0.2) is 40.9 Å². The van der Waals surface area contributed by atoms with Gasteiger partial charge >= 0.3 is 5.51 Å². The second kappa shape index (κ2) is 6.88. The Balaban J connectivity index is 2.81. The third-order valence-electron chi connectivity index (χ3n) is 2.52. The number of nitrogens with one attached hydrogen (secondary N) is 1. The SMILES string of the molecule is CC(C)(C)C(=O)C(C#N)=CNc1ccc(SC(F)(F)F)cc1. The van der Waals surface area contributed by atoms with Gasteiger partial charge in [0.05, 0.1) is 0 Å². The van der Waals surface area contributed by atoms with Gasteiger partial charge < -0.3 is 5.32 Å². The molecule has 0 aliphatic heterocycles. The smallest absolute Gasteiger partial charge is 0.360 e. The number of alkyl halides is 3. The zero-order valence-corrected chi connectivity index (χ0v) is 13.1. The van der Waals surface area contributed by atoms with E-state index in [1.54, 1.807) is 20.8 Å². The van der Waals surface area contributed by atoms with Crippen molar-refractivity contribution >= 4 is 23.2 Å². The van der Waals surface area contributed by atoms with E-state index in [1.807, 2.05) is 6.07 Å². The molecule has 1 aromatic rings. The molecule has 0 aromatic heterocycles. The van der Waals surface area contributed by atoms with Crippen molar-refractivity contribution in [3.05, 3.63) is 36.0 Å². The lowest BCUT2D eigenvalue weighted by Crippen LogP contribution is -2.22. The normalized spacial score (nSPS) is 12.7. The lowest BCUT2D eigenvalue weighted by Gasteiger charge is -2.15. The van der Waals surface area contributed by atoms with Gasteiger partial charge in [0.1, 0.15) is 11.6 Å². The van der Waals surface area contributed by atoms with Crippen molar-refractivity contribution < 1.29 is 18.0 Å². The predicted molar refractivity (Wildman–Crippen MR) is 80.1 cm³/mol. The fraction of sp³-hybridized carbons (Fsp3) is 0.333. The topological polar surface area (TPSA) is 52.9 Å². The van der Waals surface area contributed by atoms with Crippen LogP contribution in [0.4, 0.5) is 18.9 Å². The monoisotopic (exact) mass is 328 g/mol. The van der Waals surface area contributed by atoms with Crippen molar-refractivity contribution in [2.45, 2.75) is 31.2 Å². The highest BCUT2D eigenvalue weighted by atomic mass is 32.2. The second-order valence-electron chi connectivity index (χ2n) is 5.47. The molecular weight excluding hydrogens is 313 g/mol. The minimum absolute atomic E-state index is 0.0405. The van der Waals surface area contributed by atoms with E-state index in [4.69, 9.17) is 5.26 Å². The molecule has 0 heterocycles. The largest absolute Gasteiger partial charge is 0.446 e. The van der Waals surface area contributed by atoms with Crippen LogP contribution in [-0.4, -0.2) is 11.3 Å². The highest BCUT2D eigenvalue weighted by Crippen LogP contribution is 2.37. The Bertz CT molecular complexity index is 608. The summed E-state index contributed by atoms with van der Waals surface area (Å²) in [5, 5.41) is 11.7. The lowest BCUT2D eigenvalue weighted by atomic mass is 9.87. The number of allylic oxidation sites excluding steroid dienone is 1. The van der Waals surface area contributed by atoms with E-state index < -0.39 is 10.9 Å². The number of nitriles is 1. The number of ketones is 1. The molecule has 22 heavy (non-hydrogen) atoms. The summed E-state index contributed by atoms with van der Waals surface area (Å²) in [5.74, 6) is -0.313. The number of halogens is 3. The molecule has 0 amide bonds. The molecule has 0 saturated carbocycles. The maximum atomic E-state index is 12.2. The van der Waals surface area contributed by atoms with Crippen molar-refractivity contribution in [3.63, 3.8) is 0 Å². The van der Waals surface area contributed by atoms with Crippen LogP contribution < -0.4 is 5.32 Å². The van der Waals surface area contributed by atoms with E-state index in [9.17, 15) is 18.0 Å². The Morgan fingerprint density at radius 3 is 2.18 bits per heavy atom. The Hall–Kier alpha value is -1.94. The molecule has 0 saturated heterocycles. The standard InChI is InChI=1S/C15H15F3N2OS/c1-14(2,3)13(21)10(8-19)9-20-11-4-6-12(7-5-11)22-15(16,17)18/h4-7,9,20H,1-3H3. The average Bonchev–Trinajstić information content (AvgIpc) is 2.38. The molecular formula is C15H15F3N2OS. The molecule has 0 bridgehead atoms. The van der Waals surface area contributed by atoms with Crippen LogP contribution in [0.3, 0.4) is 0 Å². The maximum Gasteiger partial charge on any atom is 0.446 e. The van der Waals surface area contributed by atoms with Crippen LogP contribution in [0.25, 0.3) is 0 Å². The zero-order chi connectivity index (χ0) is 17.0. The first-order chi connectivity index (χ1) is 10.0. The number of thioether (sulfide) groups is 1. The van der Waals surface area contributed by atoms with Crippen LogP contribution in [0.2, 0.25) is 0 Å². The molecule has 0 atom stereocenters. The number of carbonyl (C=O) groups excluding carboxylic acids is 1. The number of Topliss-reactive ketones (excluding diaryl/α,β-unsaturated/α-hetero) is 1. The minimum atomic E-state index is -4.33. The van der Waals surface area contributed by atoms with Crippen LogP contribution in [0.1, 0.15) is 20.8 Å². The van der Waals surface area contributed by atoms with E-state index in [-0.39, 0.29) is 28.0 Å². The summed E-state index contributed by atoms with van der Waals surface area (Å²) in [6, 6.07) is 7.33. The average molecular weight is 328 g/mol. The third-order valence-corrected chi connectivity index (χ3v) is 3.26. The third kappa shape index (κ3) is 5.82. The second-order valence-corrected chi connectivity index (χ2v) is 6.60. The molecule has 1 aromatic carbocycles. The Morgan fingerprint density at radius 1 is 1.23 bits per heavy atom. The Morgan fingerprint density at radius 2 is 1.77 bits per heavy atom. The first-order valence-corrected chi connectivity index (χ1v) is 7.12. The quantitative estimate of drug-likeness (QED) is 0.493. The zero-order valence-electron chi connectivity index (χ0n) is 12.3. The van der Waals surface area contributed by atoms with Crippen LogP contribution in [-0.2, 0) is 4.79 Å². The van der Waals surface area contributed by atoms with Crippen LogP contribution >= 0.6 is 11.8 Å². The van der Waals surface area contributed by atoms with Crippen molar-refractivity contribution in [1.29, 1.82) is 5.26 Å². The highest BCUT2D eigenvalue weighted by Gasteiger charge is 2.29. The van der Waals surface area contributed by atoms with Crippen molar-refractivity contribution in [2.24, 2.45) is 5.41 Å². The molecule has 0 radical (unpaired) electrons. The van der Waals surface area contributed by atoms with Gasteiger partial charge in [-0.2, -0.15) is 18.4 Å². The number of nitrogens with zero attached hydrogens (tertiary/aromatic N) is 1. The number of benzene rings is 1. The molecule has 1 N–H and O–H groups in total. The van der Waals surface area contributed by atoms with Gasteiger partial charge in [-0.05, 0) is 36.0 Å². The number of rotatable bonds is 4. The van der Waals surface area contributed by atoms with Gasteiger partial charge in [-0.15, -0.1) is 0 Å². The maximum absolute atomic E-state index is 12.2. The number of carbonyl (C=O) groups is 1. The summed E-state index contributed by atoms with van der Waals surface area (Å²) >= 11 is -0.203. The summed E-state index contributed by atoms with van der Waals surface area (Å²) < 4.78 is 36.6. The van der Waals surface area contributed by atoms with E-state index in [1.165, 1.54) is 30.5 Å². The van der Waals surface area contributed by atoms with Crippen molar-refractivity contribution in [1.82, 2.24) is 0 Å². The van der Waals surface area contributed by atoms with Crippen LogP contribution in [0, 0.1) is 16.7 Å². The van der Waals surface area contributed by atoms with Gasteiger partial charge in [-0.25, -0.2) is 0 Å². The summed E-state index contributed by atoms with van der Waals surface area (Å²) in [6.45, 7) is 5.09. The molecule has 0 aliphatic rings. The van der Waals surface area contributed by atoms with Gasteiger partial charge in [-0.3, -0.25) is 4.79 Å². The molecule has 3 nitrogen and oxygen atoms in total. The summed E-state index contributed by atoms with van der Waals surface area (Å²) in [5.41, 5.74) is -4.57. The predicted octanol–water partition coefficient (Wildman–Crippen LogP) is 4.73. The highest BCUT2D eigenvalue weighted by molar-refractivity contribution is 8.00. The van der Waals surface area contributed by atoms with Gasteiger partial charge in [0.25, 0.3) is 0 Å². The van der Waals surface area contributed by atoms with Gasteiger partial charge in [-0.1, -0.05) is 20.8 Å². The van der Waals surface area contributed by atoms with E-state index in [0.717, 1.165) is 0 Å². The Kier molecular flexibility index (Phi) is 5.66. The fourth-order valence-corrected chi connectivity index (χ4v) is 2.00. The van der Waals surface area contributed by atoms with Crippen LogP contribution in [0.5, 0.6) is 0 Å². The van der Waals surface area contributed by atoms with Gasteiger partial charge in [0, 0.05) is 22.2 Å². The summed E-state index contributed by atoms with van der Waals surface area (Å²) in [7, 11) is 0. The molecule has 0 spiro atoms. The van der Waals surface area contributed by atoms with E-state index in [0.29, 0.717) is 5.69 Å². The molecule has 0 aliphatic carbocycles. The minimum Gasteiger partial charge on any atom is -0.360 e.